The fourth-order valence-electron chi connectivity index (χ4n) is 4.07. The monoisotopic (exact) mass is 454 g/mol. The first-order valence-electron chi connectivity index (χ1n) is 10.7. The van der Waals surface area contributed by atoms with Crippen molar-refractivity contribution in [2.24, 2.45) is 0 Å². The number of rotatable bonds is 6. The lowest BCUT2D eigenvalue weighted by Crippen LogP contribution is -2.24. The van der Waals surface area contributed by atoms with Gasteiger partial charge in [0.2, 0.25) is 5.78 Å². The molecule has 164 valence electrons. The van der Waals surface area contributed by atoms with Crippen LogP contribution in [0.4, 0.5) is 0 Å². The Labute approximate surface area is 194 Å². The summed E-state index contributed by atoms with van der Waals surface area (Å²) in [5.74, 6) is 0.733. The SMILES string of the molecule is Cc1ccc(C(=O)CSc2nnc3n(Cc4ccccc4)c(=O)c4ccccc4n23)c(C)c1. The van der Waals surface area contributed by atoms with Crippen LogP contribution in [0.3, 0.4) is 0 Å². The van der Waals surface area contributed by atoms with Crippen molar-refractivity contribution < 1.29 is 4.79 Å². The van der Waals surface area contributed by atoms with E-state index in [1.165, 1.54) is 11.8 Å². The Morgan fingerprint density at radius 3 is 2.48 bits per heavy atom. The van der Waals surface area contributed by atoms with Crippen molar-refractivity contribution in [3.63, 3.8) is 0 Å². The van der Waals surface area contributed by atoms with Crippen LogP contribution in [-0.4, -0.2) is 30.7 Å². The largest absolute Gasteiger partial charge is 0.293 e. The van der Waals surface area contributed by atoms with Gasteiger partial charge in [-0.15, -0.1) is 10.2 Å². The summed E-state index contributed by atoms with van der Waals surface area (Å²) in [6.07, 6.45) is 0. The number of hydrogen-bond acceptors (Lipinski definition) is 5. The third-order valence-corrected chi connectivity index (χ3v) is 6.61. The number of carbonyl (C=O) groups is 1. The number of fused-ring (bicyclic) bond motifs is 3. The minimum Gasteiger partial charge on any atom is -0.293 e. The first kappa shape index (κ1) is 21.2. The normalized spacial score (nSPS) is 11.3. The van der Waals surface area contributed by atoms with Crippen molar-refractivity contribution in [1.82, 2.24) is 19.2 Å². The number of aryl methyl sites for hydroxylation is 2. The lowest BCUT2D eigenvalue weighted by atomic mass is 10.0. The Bertz CT molecular complexity index is 1550. The Morgan fingerprint density at radius 2 is 1.70 bits per heavy atom. The van der Waals surface area contributed by atoms with Crippen LogP contribution in [0.15, 0.2) is 82.7 Å². The molecule has 0 N–H and O–H groups in total. The molecule has 5 rings (SSSR count). The predicted molar refractivity (Wildman–Crippen MR) is 131 cm³/mol. The molecule has 6 nitrogen and oxygen atoms in total. The van der Waals surface area contributed by atoms with Crippen molar-refractivity contribution in [3.8, 4) is 0 Å². The van der Waals surface area contributed by atoms with E-state index in [9.17, 15) is 9.59 Å². The van der Waals surface area contributed by atoms with Gasteiger partial charge in [-0.2, -0.15) is 0 Å². The van der Waals surface area contributed by atoms with Gasteiger partial charge in [-0.3, -0.25) is 18.6 Å². The van der Waals surface area contributed by atoms with Crippen LogP contribution in [-0.2, 0) is 6.54 Å². The second-order valence-corrected chi connectivity index (χ2v) is 8.98. The maximum atomic E-state index is 13.3. The summed E-state index contributed by atoms with van der Waals surface area (Å²) in [6, 6.07) is 23.1. The van der Waals surface area contributed by atoms with Gasteiger partial charge in [0, 0.05) is 5.56 Å². The fourth-order valence-corrected chi connectivity index (χ4v) is 4.89. The molecule has 2 aromatic heterocycles. The molecule has 5 aromatic rings. The van der Waals surface area contributed by atoms with Gasteiger partial charge in [-0.25, -0.2) is 0 Å². The number of aromatic nitrogens is 4. The molecule has 0 aliphatic heterocycles. The average molecular weight is 455 g/mol. The molecule has 0 spiro atoms. The molecule has 0 amide bonds. The van der Waals surface area contributed by atoms with E-state index in [-0.39, 0.29) is 17.1 Å². The van der Waals surface area contributed by atoms with Gasteiger partial charge >= 0.3 is 0 Å². The summed E-state index contributed by atoms with van der Waals surface area (Å²) < 4.78 is 3.51. The van der Waals surface area contributed by atoms with Gasteiger partial charge < -0.3 is 0 Å². The van der Waals surface area contributed by atoms with Crippen molar-refractivity contribution >= 4 is 34.2 Å². The molecule has 0 atom stereocenters. The van der Waals surface area contributed by atoms with Crippen LogP contribution in [0.25, 0.3) is 16.7 Å². The van der Waals surface area contributed by atoms with Crippen LogP contribution < -0.4 is 5.56 Å². The Morgan fingerprint density at radius 1 is 0.939 bits per heavy atom. The maximum absolute atomic E-state index is 13.3. The zero-order chi connectivity index (χ0) is 22.9. The van der Waals surface area contributed by atoms with E-state index in [0.717, 1.165) is 22.2 Å². The van der Waals surface area contributed by atoms with Crippen LogP contribution in [0.5, 0.6) is 0 Å². The highest BCUT2D eigenvalue weighted by Gasteiger charge is 2.18. The number of nitrogens with zero attached hydrogens (tertiary/aromatic N) is 4. The second-order valence-electron chi connectivity index (χ2n) is 8.04. The second kappa shape index (κ2) is 8.67. The van der Waals surface area contributed by atoms with Gasteiger partial charge in [0.05, 0.1) is 23.2 Å². The van der Waals surface area contributed by atoms with Crippen molar-refractivity contribution in [3.05, 3.63) is 105 Å². The molecule has 33 heavy (non-hydrogen) atoms. The van der Waals surface area contributed by atoms with E-state index >= 15 is 0 Å². The van der Waals surface area contributed by atoms with Gasteiger partial charge in [-0.1, -0.05) is 78.0 Å². The fraction of sp³-hybridized carbons (Fsp3) is 0.154. The number of para-hydroxylation sites is 1. The number of Topliss-reactive ketones (excluding diaryl/α,β-unsaturated/α-hetero) is 1. The van der Waals surface area contributed by atoms with E-state index in [1.807, 2.05) is 91.0 Å². The number of ketones is 1. The number of hydrogen-bond donors (Lipinski definition) is 0. The summed E-state index contributed by atoms with van der Waals surface area (Å²) in [5, 5.41) is 9.88. The molecule has 0 radical (unpaired) electrons. The van der Waals surface area contributed by atoms with Gasteiger partial charge in [0.25, 0.3) is 5.56 Å². The summed E-state index contributed by atoms with van der Waals surface area (Å²) in [6.45, 7) is 4.35. The zero-order valence-corrected chi connectivity index (χ0v) is 19.2. The van der Waals surface area contributed by atoms with Gasteiger partial charge in [0.15, 0.2) is 10.9 Å². The van der Waals surface area contributed by atoms with E-state index < -0.39 is 0 Å². The van der Waals surface area contributed by atoms with Crippen molar-refractivity contribution in [2.45, 2.75) is 25.5 Å². The molecule has 0 saturated heterocycles. The first-order valence-corrected chi connectivity index (χ1v) is 11.7. The quantitative estimate of drug-likeness (QED) is 0.275. The Balaban J connectivity index is 1.56. The number of carbonyl (C=O) groups excluding carboxylic acids is 1. The summed E-state index contributed by atoms with van der Waals surface area (Å²) in [5.41, 5.74) is 4.43. The van der Waals surface area contributed by atoms with Crippen LogP contribution in [0.2, 0.25) is 0 Å². The average Bonchev–Trinajstić information content (AvgIpc) is 3.25. The lowest BCUT2D eigenvalue weighted by molar-refractivity contribution is 0.102. The molecule has 0 aliphatic carbocycles. The topological polar surface area (TPSA) is 69.3 Å². The third-order valence-electron chi connectivity index (χ3n) is 5.68. The minimum atomic E-state index is -0.114. The van der Waals surface area contributed by atoms with E-state index in [2.05, 4.69) is 10.2 Å². The van der Waals surface area contributed by atoms with E-state index in [1.54, 1.807) is 4.57 Å². The van der Waals surface area contributed by atoms with Crippen molar-refractivity contribution in [2.75, 3.05) is 5.75 Å². The molecular formula is C26H22N4O2S. The molecule has 3 aromatic carbocycles. The highest BCUT2D eigenvalue weighted by Crippen LogP contribution is 2.23. The predicted octanol–water partition coefficient (Wildman–Crippen LogP) is 4.68. The van der Waals surface area contributed by atoms with Crippen LogP contribution in [0, 0.1) is 13.8 Å². The van der Waals surface area contributed by atoms with E-state index in [4.69, 9.17) is 0 Å². The van der Waals surface area contributed by atoms with Crippen LogP contribution in [0.1, 0.15) is 27.0 Å². The Hall–Kier alpha value is -3.71. The summed E-state index contributed by atoms with van der Waals surface area (Å²) in [4.78, 5) is 26.2. The summed E-state index contributed by atoms with van der Waals surface area (Å²) >= 11 is 1.33. The molecule has 0 bridgehead atoms. The summed E-state index contributed by atoms with van der Waals surface area (Å²) in [7, 11) is 0. The van der Waals surface area contributed by atoms with Crippen molar-refractivity contribution in [1.29, 1.82) is 0 Å². The molecule has 0 fully saturated rings. The van der Waals surface area contributed by atoms with Gasteiger partial charge in [-0.05, 0) is 37.1 Å². The minimum absolute atomic E-state index is 0.0381. The highest BCUT2D eigenvalue weighted by molar-refractivity contribution is 7.99. The van der Waals surface area contributed by atoms with Crippen LogP contribution >= 0.6 is 11.8 Å². The standard InChI is InChI=1S/C26H22N4O2S/c1-17-12-13-20(18(2)14-17)23(31)16-33-26-28-27-25-29(15-19-8-4-3-5-9-19)24(32)21-10-6-7-11-22(21)30(25)26/h3-14H,15-16H2,1-2H3. The maximum Gasteiger partial charge on any atom is 0.263 e. The molecular weight excluding hydrogens is 432 g/mol. The zero-order valence-electron chi connectivity index (χ0n) is 18.4. The Kier molecular flexibility index (Phi) is 5.56. The first-order chi connectivity index (χ1) is 16.0. The van der Waals surface area contributed by atoms with E-state index in [0.29, 0.717) is 28.4 Å². The highest BCUT2D eigenvalue weighted by atomic mass is 32.2. The molecule has 0 unspecified atom stereocenters. The molecule has 0 aliphatic rings. The lowest BCUT2D eigenvalue weighted by Gasteiger charge is -2.11. The molecule has 2 heterocycles. The molecule has 0 saturated carbocycles. The number of thioether (sulfide) groups is 1. The number of benzene rings is 3. The third kappa shape index (κ3) is 3.96. The van der Waals surface area contributed by atoms with Gasteiger partial charge in [0.1, 0.15) is 0 Å². The smallest absolute Gasteiger partial charge is 0.263 e. The molecule has 7 heteroatoms.